The first-order valence-corrected chi connectivity index (χ1v) is 12.1. The topological polar surface area (TPSA) is 72.5 Å². The molecule has 36 heavy (non-hydrogen) atoms. The third-order valence-corrected chi connectivity index (χ3v) is 7.16. The number of benzene rings is 3. The molecule has 0 unspecified atom stereocenters. The number of hydrogen-bond acceptors (Lipinski definition) is 5. The van der Waals surface area contributed by atoms with Gasteiger partial charge in [-0.05, 0) is 41.7 Å². The number of fused-ring (bicyclic) bond motifs is 2. The van der Waals surface area contributed by atoms with Gasteiger partial charge in [0.2, 0.25) is 0 Å². The number of carbonyl (C=O) groups is 3. The van der Waals surface area contributed by atoms with E-state index in [1.54, 1.807) is 36.4 Å². The van der Waals surface area contributed by atoms with E-state index < -0.39 is 11.9 Å². The van der Waals surface area contributed by atoms with Crippen molar-refractivity contribution in [3.05, 3.63) is 118 Å². The Balaban J connectivity index is 1.41. The van der Waals surface area contributed by atoms with Crippen molar-refractivity contribution in [3.8, 4) is 5.75 Å². The van der Waals surface area contributed by atoms with E-state index in [0.29, 0.717) is 34.4 Å². The van der Waals surface area contributed by atoms with Gasteiger partial charge in [-0.2, -0.15) is 0 Å². The number of rotatable bonds is 3. The highest BCUT2D eigenvalue weighted by Crippen LogP contribution is 2.51. The Hall–Kier alpha value is -4.25. The van der Waals surface area contributed by atoms with E-state index in [1.807, 2.05) is 42.5 Å². The summed E-state index contributed by atoms with van der Waals surface area (Å²) < 4.78 is 5.55. The third kappa shape index (κ3) is 3.59. The molecule has 5 heteroatoms. The quantitative estimate of drug-likeness (QED) is 0.380. The van der Waals surface area contributed by atoms with Crippen LogP contribution in [0.3, 0.4) is 0 Å². The van der Waals surface area contributed by atoms with Crippen LogP contribution in [0.15, 0.2) is 95.7 Å². The summed E-state index contributed by atoms with van der Waals surface area (Å²) in [6.45, 7) is 4.19. The van der Waals surface area contributed by atoms with Gasteiger partial charge in [-0.1, -0.05) is 68.4 Å². The van der Waals surface area contributed by atoms with E-state index in [2.05, 4.69) is 19.2 Å². The molecule has 178 valence electrons. The van der Waals surface area contributed by atoms with Gasteiger partial charge < -0.3 is 10.1 Å². The number of ketones is 2. The fourth-order valence-electron chi connectivity index (χ4n) is 5.59. The van der Waals surface area contributed by atoms with Crippen LogP contribution in [-0.2, 0) is 4.79 Å². The molecule has 6 rings (SSSR count). The predicted octanol–water partition coefficient (Wildman–Crippen LogP) is 5.84. The molecule has 1 atom stereocenters. The first-order chi connectivity index (χ1) is 17.3. The number of allylic oxidation sites excluding steroid dienone is 3. The lowest BCUT2D eigenvalue weighted by Crippen LogP contribution is -2.37. The number of carbonyl (C=O) groups excluding carboxylic acids is 3. The Bertz CT molecular complexity index is 1490. The number of dihydropyridines is 1. The predicted molar refractivity (Wildman–Crippen MR) is 136 cm³/mol. The van der Waals surface area contributed by atoms with Crippen LogP contribution in [0.25, 0.3) is 5.70 Å². The summed E-state index contributed by atoms with van der Waals surface area (Å²) in [5.74, 6) is -0.498. The standard InChI is InChI=1S/C31H25NO4/c1-31(2)16-23-26(24(33)17-31)25(27-28(32-23)21-10-6-7-11-22(21)29(27)34)18-12-14-20(15-13-18)36-30(35)19-8-4-3-5-9-19/h3-15,25,32H,16-17H2,1-2H3/t25-/m0/s1. The maximum absolute atomic E-state index is 13.6. The van der Waals surface area contributed by atoms with Gasteiger partial charge in [0.05, 0.1) is 11.3 Å². The second-order valence-corrected chi connectivity index (χ2v) is 10.4. The number of hydrogen-bond donors (Lipinski definition) is 1. The molecule has 0 saturated heterocycles. The molecule has 0 bridgehead atoms. The lowest BCUT2D eigenvalue weighted by atomic mass is 9.68. The second-order valence-electron chi connectivity index (χ2n) is 10.4. The summed E-state index contributed by atoms with van der Waals surface area (Å²) >= 11 is 0. The molecule has 2 aliphatic carbocycles. The van der Waals surface area contributed by atoms with Crippen molar-refractivity contribution in [1.29, 1.82) is 0 Å². The second kappa shape index (κ2) is 8.16. The molecule has 5 nitrogen and oxygen atoms in total. The lowest BCUT2D eigenvalue weighted by Gasteiger charge is -2.39. The zero-order valence-corrected chi connectivity index (χ0v) is 20.1. The van der Waals surface area contributed by atoms with Gasteiger partial charge in [0.15, 0.2) is 11.6 Å². The first-order valence-electron chi connectivity index (χ1n) is 12.1. The van der Waals surface area contributed by atoms with Crippen molar-refractivity contribution in [1.82, 2.24) is 5.32 Å². The minimum Gasteiger partial charge on any atom is -0.423 e. The van der Waals surface area contributed by atoms with E-state index in [4.69, 9.17) is 4.74 Å². The molecule has 1 heterocycles. The highest BCUT2D eigenvalue weighted by Gasteiger charge is 2.46. The van der Waals surface area contributed by atoms with Crippen LogP contribution in [0.5, 0.6) is 5.75 Å². The smallest absolute Gasteiger partial charge is 0.343 e. The summed E-state index contributed by atoms with van der Waals surface area (Å²) in [5.41, 5.74) is 5.62. The number of Topliss-reactive ketones (excluding diaryl/α,β-unsaturated/α-hetero) is 2. The molecule has 0 spiro atoms. The Kier molecular flexibility index (Phi) is 5.04. The molecule has 0 fully saturated rings. The largest absolute Gasteiger partial charge is 0.423 e. The molecule has 3 aromatic rings. The van der Waals surface area contributed by atoms with Crippen LogP contribution in [0.4, 0.5) is 0 Å². The highest BCUT2D eigenvalue weighted by atomic mass is 16.5. The van der Waals surface area contributed by atoms with Crippen LogP contribution in [0.2, 0.25) is 0 Å². The van der Waals surface area contributed by atoms with Crippen molar-refractivity contribution < 1.29 is 19.1 Å². The fourth-order valence-corrected chi connectivity index (χ4v) is 5.59. The Labute approximate surface area is 209 Å². The van der Waals surface area contributed by atoms with Crippen LogP contribution in [0, 0.1) is 5.41 Å². The van der Waals surface area contributed by atoms with Gasteiger partial charge in [0, 0.05) is 40.3 Å². The van der Waals surface area contributed by atoms with E-state index in [0.717, 1.165) is 28.9 Å². The van der Waals surface area contributed by atoms with Gasteiger partial charge in [-0.15, -0.1) is 0 Å². The Morgan fingerprint density at radius 2 is 1.50 bits per heavy atom. The van der Waals surface area contributed by atoms with E-state index >= 15 is 0 Å². The lowest BCUT2D eigenvalue weighted by molar-refractivity contribution is -0.118. The van der Waals surface area contributed by atoms with Gasteiger partial charge in [-0.3, -0.25) is 9.59 Å². The molecular weight excluding hydrogens is 450 g/mol. The van der Waals surface area contributed by atoms with Crippen molar-refractivity contribution in [2.24, 2.45) is 5.41 Å². The summed E-state index contributed by atoms with van der Waals surface area (Å²) in [5, 5.41) is 3.49. The number of esters is 1. The average molecular weight is 476 g/mol. The number of ether oxygens (including phenoxy) is 1. The van der Waals surface area contributed by atoms with Gasteiger partial charge in [-0.25, -0.2) is 4.79 Å². The van der Waals surface area contributed by atoms with Crippen LogP contribution in [0.1, 0.15) is 64.4 Å². The monoisotopic (exact) mass is 475 g/mol. The van der Waals surface area contributed by atoms with Crippen LogP contribution >= 0.6 is 0 Å². The highest BCUT2D eigenvalue weighted by molar-refractivity contribution is 6.23. The van der Waals surface area contributed by atoms with Crippen LogP contribution < -0.4 is 10.1 Å². The normalized spacial score (nSPS) is 19.9. The Morgan fingerprint density at radius 1 is 0.833 bits per heavy atom. The van der Waals surface area contributed by atoms with Crippen molar-refractivity contribution >= 4 is 23.2 Å². The first kappa shape index (κ1) is 22.2. The molecule has 1 aliphatic heterocycles. The molecule has 0 saturated carbocycles. The fraction of sp³-hybridized carbons (Fsp3) is 0.194. The van der Waals surface area contributed by atoms with Crippen LogP contribution in [-0.4, -0.2) is 17.5 Å². The minimum atomic E-state index is -0.473. The molecule has 0 radical (unpaired) electrons. The van der Waals surface area contributed by atoms with Gasteiger partial charge in [0.1, 0.15) is 5.75 Å². The SMILES string of the molecule is CC1(C)CC(=O)C2=C(C1)NC1=C(C(=O)c3ccccc31)[C@H]2c1ccc(OC(=O)c2ccccc2)cc1. The van der Waals surface area contributed by atoms with E-state index in [9.17, 15) is 14.4 Å². The van der Waals surface area contributed by atoms with Crippen molar-refractivity contribution in [3.63, 3.8) is 0 Å². The Morgan fingerprint density at radius 3 is 2.22 bits per heavy atom. The summed E-state index contributed by atoms with van der Waals surface area (Å²) in [6, 6.07) is 23.5. The van der Waals surface area contributed by atoms with Crippen molar-refractivity contribution in [2.45, 2.75) is 32.6 Å². The molecule has 0 amide bonds. The maximum Gasteiger partial charge on any atom is 0.343 e. The summed E-state index contributed by atoms with van der Waals surface area (Å²) in [4.78, 5) is 39.5. The average Bonchev–Trinajstić information content (AvgIpc) is 3.15. The van der Waals surface area contributed by atoms with Gasteiger partial charge in [0.25, 0.3) is 0 Å². The van der Waals surface area contributed by atoms with E-state index in [-0.39, 0.29) is 17.0 Å². The molecule has 1 N–H and O–H groups in total. The third-order valence-electron chi connectivity index (χ3n) is 7.16. The van der Waals surface area contributed by atoms with Gasteiger partial charge >= 0.3 is 5.97 Å². The zero-order chi connectivity index (χ0) is 25.0. The minimum absolute atomic E-state index is 0.0538. The molecular formula is C31H25NO4. The van der Waals surface area contributed by atoms with E-state index in [1.165, 1.54) is 0 Å². The summed E-state index contributed by atoms with van der Waals surface area (Å²) in [7, 11) is 0. The number of nitrogens with one attached hydrogen (secondary N) is 1. The molecule has 0 aromatic heterocycles. The summed E-state index contributed by atoms with van der Waals surface area (Å²) in [6.07, 6.45) is 1.16. The zero-order valence-electron chi connectivity index (χ0n) is 20.1. The molecule has 3 aliphatic rings. The molecule has 3 aromatic carbocycles. The maximum atomic E-state index is 13.6. The van der Waals surface area contributed by atoms with Crippen molar-refractivity contribution in [2.75, 3.05) is 0 Å².